The summed E-state index contributed by atoms with van der Waals surface area (Å²) in [6, 6.07) is 6.11. The van der Waals surface area contributed by atoms with Crippen LogP contribution in [0.3, 0.4) is 0 Å². The zero-order valence-electron chi connectivity index (χ0n) is 11.9. The molecule has 6 heteroatoms. The fourth-order valence-corrected chi connectivity index (χ4v) is 2.39. The number of imidazole rings is 1. The number of aromatic nitrogens is 3. The van der Waals surface area contributed by atoms with Crippen molar-refractivity contribution in [3.8, 4) is 0 Å². The molecule has 21 heavy (non-hydrogen) atoms. The van der Waals surface area contributed by atoms with Crippen LogP contribution >= 0.6 is 15.9 Å². The van der Waals surface area contributed by atoms with Gasteiger partial charge in [-0.1, -0.05) is 15.9 Å². The molecule has 0 fully saturated rings. The number of benzene rings is 1. The molecule has 5 nitrogen and oxygen atoms in total. The summed E-state index contributed by atoms with van der Waals surface area (Å²) in [7, 11) is 0. The maximum absolute atomic E-state index is 4.59. The minimum atomic E-state index is 0.736. The molecule has 3 rings (SSSR count). The zero-order valence-corrected chi connectivity index (χ0v) is 13.5. The second-order valence-corrected chi connectivity index (χ2v) is 5.61. The molecule has 0 saturated carbocycles. The van der Waals surface area contributed by atoms with Crippen molar-refractivity contribution in [1.29, 1.82) is 0 Å². The first-order valence-corrected chi connectivity index (χ1v) is 7.57. The third kappa shape index (κ3) is 2.85. The lowest BCUT2D eigenvalue weighted by Crippen LogP contribution is -2.05. The van der Waals surface area contributed by atoms with Crippen molar-refractivity contribution < 1.29 is 0 Å². The normalized spacial score (nSPS) is 10.8. The Balaban J connectivity index is 2.01. The van der Waals surface area contributed by atoms with Crippen molar-refractivity contribution >= 4 is 38.9 Å². The highest BCUT2D eigenvalue weighted by molar-refractivity contribution is 9.10. The summed E-state index contributed by atoms with van der Waals surface area (Å²) in [5, 5.41) is 6.57. The third-order valence-corrected chi connectivity index (χ3v) is 4.04. The van der Waals surface area contributed by atoms with Crippen LogP contribution in [0.2, 0.25) is 0 Å². The van der Waals surface area contributed by atoms with Gasteiger partial charge in [-0.15, -0.1) is 0 Å². The average Bonchev–Trinajstić information content (AvgIpc) is 2.92. The quantitative estimate of drug-likeness (QED) is 0.750. The van der Waals surface area contributed by atoms with Crippen LogP contribution in [-0.2, 0) is 0 Å². The SMILES string of the molecule is CCNc1cn2ccnc2c(Nc2ccc(Br)c(C)c2)n1. The number of hydrogen-bond donors (Lipinski definition) is 2. The Kier molecular flexibility index (Phi) is 3.79. The highest BCUT2D eigenvalue weighted by Crippen LogP contribution is 2.24. The van der Waals surface area contributed by atoms with Crippen LogP contribution in [-0.4, -0.2) is 20.9 Å². The molecule has 0 radical (unpaired) electrons. The van der Waals surface area contributed by atoms with Gasteiger partial charge in [0, 0.05) is 29.1 Å². The van der Waals surface area contributed by atoms with E-state index in [0.717, 1.165) is 34.0 Å². The number of rotatable bonds is 4. The first-order chi connectivity index (χ1) is 10.2. The largest absolute Gasteiger partial charge is 0.369 e. The summed E-state index contributed by atoms with van der Waals surface area (Å²) in [6.45, 7) is 4.93. The first kappa shape index (κ1) is 13.9. The van der Waals surface area contributed by atoms with E-state index in [0.29, 0.717) is 0 Å². The molecular weight excluding hydrogens is 330 g/mol. The molecule has 2 heterocycles. The molecule has 108 valence electrons. The third-order valence-electron chi connectivity index (χ3n) is 3.15. The first-order valence-electron chi connectivity index (χ1n) is 6.78. The minimum Gasteiger partial charge on any atom is -0.369 e. The summed E-state index contributed by atoms with van der Waals surface area (Å²) in [4.78, 5) is 8.95. The van der Waals surface area contributed by atoms with Gasteiger partial charge in [0.15, 0.2) is 11.5 Å². The van der Waals surface area contributed by atoms with Crippen LogP contribution in [0.4, 0.5) is 17.3 Å². The van der Waals surface area contributed by atoms with Gasteiger partial charge in [0.1, 0.15) is 5.82 Å². The fraction of sp³-hybridized carbons (Fsp3) is 0.200. The summed E-state index contributed by atoms with van der Waals surface area (Å²) >= 11 is 3.51. The molecule has 0 saturated heterocycles. The second-order valence-electron chi connectivity index (χ2n) is 4.75. The van der Waals surface area contributed by atoms with Gasteiger partial charge in [0.25, 0.3) is 0 Å². The number of halogens is 1. The van der Waals surface area contributed by atoms with E-state index in [1.807, 2.05) is 35.9 Å². The Morgan fingerprint density at radius 3 is 2.95 bits per heavy atom. The Hall–Kier alpha value is -2.08. The van der Waals surface area contributed by atoms with Crippen LogP contribution in [0.15, 0.2) is 41.3 Å². The van der Waals surface area contributed by atoms with Crippen molar-refractivity contribution in [2.24, 2.45) is 0 Å². The van der Waals surface area contributed by atoms with E-state index in [1.54, 1.807) is 6.20 Å². The number of anilines is 3. The van der Waals surface area contributed by atoms with Crippen LogP contribution in [0.25, 0.3) is 5.65 Å². The number of nitrogens with zero attached hydrogens (tertiary/aromatic N) is 3. The van der Waals surface area contributed by atoms with E-state index >= 15 is 0 Å². The highest BCUT2D eigenvalue weighted by Gasteiger charge is 2.08. The van der Waals surface area contributed by atoms with Crippen LogP contribution < -0.4 is 10.6 Å². The van der Waals surface area contributed by atoms with Crippen molar-refractivity contribution in [2.75, 3.05) is 17.2 Å². The molecule has 0 aliphatic carbocycles. The van der Waals surface area contributed by atoms with E-state index in [-0.39, 0.29) is 0 Å². The molecule has 0 unspecified atom stereocenters. The van der Waals surface area contributed by atoms with Gasteiger partial charge in [-0.25, -0.2) is 9.97 Å². The topological polar surface area (TPSA) is 54.2 Å². The van der Waals surface area contributed by atoms with Crippen LogP contribution in [0, 0.1) is 6.92 Å². The van der Waals surface area contributed by atoms with Gasteiger partial charge >= 0.3 is 0 Å². The maximum atomic E-state index is 4.59. The Labute approximate surface area is 131 Å². The predicted octanol–water partition coefficient (Wildman–Crippen LogP) is 3.98. The van der Waals surface area contributed by atoms with E-state index in [9.17, 15) is 0 Å². The molecule has 0 aliphatic rings. The molecule has 0 atom stereocenters. The molecule has 0 aliphatic heterocycles. The van der Waals surface area contributed by atoms with Crippen molar-refractivity contribution in [3.05, 3.63) is 46.8 Å². The van der Waals surface area contributed by atoms with Gasteiger partial charge in [-0.2, -0.15) is 0 Å². The van der Waals surface area contributed by atoms with Gasteiger partial charge in [-0.3, -0.25) is 0 Å². The zero-order chi connectivity index (χ0) is 14.8. The number of fused-ring (bicyclic) bond motifs is 1. The van der Waals surface area contributed by atoms with Gasteiger partial charge in [0.2, 0.25) is 0 Å². The fourth-order valence-electron chi connectivity index (χ4n) is 2.14. The molecule has 0 bridgehead atoms. The van der Waals surface area contributed by atoms with Gasteiger partial charge in [-0.05, 0) is 37.6 Å². The van der Waals surface area contributed by atoms with Crippen molar-refractivity contribution in [2.45, 2.75) is 13.8 Å². The average molecular weight is 346 g/mol. The molecular formula is C15H16BrN5. The molecule has 2 N–H and O–H groups in total. The number of aryl methyl sites for hydroxylation is 1. The van der Waals surface area contributed by atoms with Crippen LogP contribution in [0.1, 0.15) is 12.5 Å². The standard InChI is InChI=1S/C15H16BrN5/c1-3-17-13-9-21-7-6-18-15(21)14(20-13)19-11-4-5-12(16)10(2)8-11/h4-9,17H,3H2,1-2H3,(H,19,20). The Morgan fingerprint density at radius 2 is 2.19 bits per heavy atom. The van der Waals surface area contributed by atoms with Gasteiger partial charge < -0.3 is 15.0 Å². The second kappa shape index (κ2) is 5.73. The maximum Gasteiger partial charge on any atom is 0.180 e. The lowest BCUT2D eigenvalue weighted by atomic mass is 10.2. The molecule has 1 aromatic carbocycles. The Morgan fingerprint density at radius 1 is 1.33 bits per heavy atom. The van der Waals surface area contributed by atoms with Gasteiger partial charge in [0.05, 0.1) is 6.20 Å². The number of hydrogen-bond acceptors (Lipinski definition) is 4. The Bertz CT molecular complexity index is 781. The predicted molar refractivity (Wildman–Crippen MR) is 89.3 cm³/mol. The monoisotopic (exact) mass is 345 g/mol. The smallest absolute Gasteiger partial charge is 0.180 e. The summed E-state index contributed by atoms with van der Waals surface area (Å²) in [5.74, 6) is 1.56. The molecule has 0 amide bonds. The molecule has 0 spiro atoms. The van der Waals surface area contributed by atoms with Crippen molar-refractivity contribution in [3.63, 3.8) is 0 Å². The molecule has 3 aromatic rings. The van der Waals surface area contributed by atoms with E-state index < -0.39 is 0 Å². The number of nitrogens with one attached hydrogen (secondary N) is 2. The lowest BCUT2D eigenvalue weighted by molar-refractivity contribution is 1.09. The van der Waals surface area contributed by atoms with E-state index in [1.165, 1.54) is 5.56 Å². The minimum absolute atomic E-state index is 0.736. The van der Waals surface area contributed by atoms with E-state index in [4.69, 9.17) is 0 Å². The lowest BCUT2D eigenvalue weighted by Gasteiger charge is -2.11. The summed E-state index contributed by atoms with van der Waals surface area (Å²) < 4.78 is 3.05. The van der Waals surface area contributed by atoms with Crippen molar-refractivity contribution in [1.82, 2.24) is 14.4 Å². The highest BCUT2D eigenvalue weighted by atomic mass is 79.9. The summed E-state index contributed by atoms with van der Waals surface area (Å²) in [5.41, 5.74) is 2.96. The van der Waals surface area contributed by atoms with Crippen LogP contribution in [0.5, 0.6) is 0 Å². The molecule has 2 aromatic heterocycles. The van der Waals surface area contributed by atoms with E-state index in [2.05, 4.69) is 49.5 Å². The summed E-state index contributed by atoms with van der Waals surface area (Å²) in [6.07, 6.45) is 5.62.